The van der Waals surface area contributed by atoms with Crippen molar-refractivity contribution in [3.63, 3.8) is 0 Å². The molecule has 164 valence electrons. The number of benzene rings is 2. The largest absolute Gasteiger partial charge is 0.506 e. The second-order valence-corrected chi connectivity index (χ2v) is 7.49. The van der Waals surface area contributed by atoms with Gasteiger partial charge < -0.3 is 19.0 Å². The number of ketones is 1. The maximum atomic E-state index is 13.2. The van der Waals surface area contributed by atoms with E-state index in [1.807, 2.05) is 13.0 Å². The Morgan fingerprint density at radius 3 is 2.19 bits per heavy atom. The van der Waals surface area contributed by atoms with Crippen LogP contribution in [0, 0.1) is 13.8 Å². The third-order valence-electron chi connectivity index (χ3n) is 5.42. The summed E-state index contributed by atoms with van der Waals surface area (Å²) in [6.45, 7) is 3.66. The number of hydrogen-bond donors (Lipinski definition) is 1. The molecule has 2 heterocycles. The van der Waals surface area contributed by atoms with Gasteiger partial charge in [0.25, 0.3) is 11.7 Å². The maximum absolute atomic E-state index is 13.2. The highest BCUT2D eigenvalue weighted by molar-refractivity contribution is 6.51. The van der Waals surface area contributed by atoms with Crippen LogP contribution in [-0.2, 0) is 9.59 Å². The van der Waals surface area contributed by atoms with Gasteiger partial charge in [-0.15, -0.1) is 0 Å². The van der Waals surface area contributed by atoms with Crippen molar-refractivity contribution < 1.29 is 28.6 Å². The molecule has 7 heteroatoms. The molecule has 1 amide bonds. The van der Waals surface area contributed by atoms with Crippen LogP contribution in [0.25, 0.3) is 5.76 Å². The average molecular weight is 433 g/mol. The maximum Gasteiger partial charge on any atom is 0.300 e. The van der Waals surface area contributed by atoms with Crippen LogP contribution in [0.15, 0.2) is 64.6 Å². The summed E-state index contributed by atoms with van der Waals surface area (Å²) in [5, 5.41) is 11.4. The van der Waals surface area contributed by atoms with E-state index >= 15 is 0 Å². The summed E-state index contributed by atoms with van der Waals surface area (Å²) in [7, 11) is 2.90. The Hall–Kier alpha value is -4.00. The van der Waals surface area contributed by atoms with E-state index in [0.29, 0.717) is 28.7 Å². The SMILES string of the molecule is COc1cccc(OC)c1/C(O)=C1\C(=O)C(=O)N(c2cccc(C)c2)C1c1ccc(C)o1. The van der Waals surface area contributed by atoms with Gasteiger partial charge in [0.15, 0.2) is 0 Å². The zero-order chi connectivity index (χ0) is 23.0. The molecule has 1 N–H and O–H groups in total. The molecular weight excluding hydrogens is 410 g/mol. The van der Waals surface area contributed by atoms with Crippen molar-refractivity contribution >= 4 is 23.1 Å². The first-order valence-electron chi connectivity index (χ1n) is 10.0. The van der Waals surface area contributed by atoms with Crippen LogP contribution in [-0.4, -0.2) is 31.0 Å². The summed E-state index contributed by atoms with van der Waals surface area (Å²) in [5.41, 5.74) is 1.53. The second kappa shape index (κ2) is 8.26. The Bertz CT molecular complexity index is 1220. The first kappa shape index (κ1) is 21.2. The summed E-state index contributed by atoms with van der Waals surface area (Å²) in [6, 6.07) is 14.7. The minimum absolute atomic E-state index is 0.103. The van der Waals surface area contributed by atoms with Crippen molar-refractivity contribution in [2.45, 2.75) is 19.9 Å². The lowest BCUT2D eigenvalue weighted by Gasteiger charge is -2.24. The summed E-state index contributed by atoms with van der Waals surface area (Å²) in [6.07, 6.45) is 0. The molecule has 1 aliphatic heterocycles. The van der Waals surface area contributed by atoms with Crippen LogP contribution in [0.3, 0.4) is 0 Å². The Labute approximate surface area is 185 Å². The molecule has 0 aliphatic carbocycles. The highest BCUT2D eigenvalue weighted by atomic mass is 16.5. The molecule has 3 aromatic rings. The van der Waals surface area contributed by atoms with E-state index in [4.69, 9.17) is 13.9 Å². The molecule has 0 saturated carbocycles. The second-order valence-electron chi connectivity index (χ2n) is 7.49. The van der Waals surface area contributed by atoms with E-state index in [1.165, 1.54) is 19.1 Å². The molecule has 1 unspecified atom stereocenters. The number of ether oxygens (including phenoxy) is 2. The van der Waals surface area contributed by atoms with Crippen molar-refractivity contribution in [2.75, 3.05) is 19.1 Å². The number of Topliss-reactive ketones (excluding diaryl/α,β-unsaturated/α-hetero) is 1. The number of furan rings is 1. The summed E-state index contributed by atoms with van der Waals surface area (Å²) >= 11 is 0. The molecule has 32 heavy (non-hydrogen) atoms. The zero-order valence-electron chi connectivity index (χ0n) is 18.2. The van der Waals surface area contributed by atoms with Gasteiger partial charge in [-0.1, -0.05) is 18.2 Å². The predicted octanol–water partition coefficient (Wildman–Crippen LogP) is 4.54. The molecule has 1 atom stereocenters. The molecule has 1 aliphatic rings. The van der Waals surface area contributed by atoms with Crippen LogP contribution < -0.4 is 14.4 Å². The third-order valence-corrected chi connectivity index (χ3v) is 5.42. The van der Waals surface area contributed by atoms with Gasteiger partial charge in [0, 0.05) is 5.69 Å². The monoisotopic (exact) mass is 433 g/mol. The minimum atomic E-state index is -0.958. The van der Waals surface area contributed by atoms with Crippen molar-refractivity contribution in [2.24, 2.45) is 0 Å². The van der Waals surface area contributed by atoms with Gasteiger partial charge in [-0.25, -0.2) is 0 Å². The minimum Gasteiger partial charge on any atom is -0.506 e. The number of aliphatic hydroxyl groups excluding tert-OH is 1. The first-order valence-corrected chi connectivity index (χ1v) is 10.0. The quantitative estimate of drug-likeness (QED) is 0.361. The lowest BCUT2D eigenvalue weighted by molar-refractivity contribution is -0.132. The van der Waals surface area contributed by atoms with Gasteiger partial charge in [-0.3, -0.25) is 14.5 Å². The number of carbonyl (C=O) groups excluding carboxylic acids is 2. The Morgan fingerprint density at radius 1 is 0.969 bits per heavy atom. The van der Waals surface area contributed by atoms with Crippen LogP contribution in [0.2, 0.25) is 0 Å². The molecular formula is C25H23NO6. The standard InChI is InChI=1S/C25H23NO6/c1-14-7-5-8-16(13-14)26-22(19-12-11-15(2)32-19)21(24(28)25(26)29)23(27)20-17(30-3)9-6-10-18(20)31-4/h5-13,22,27H,1-4H3/b23-21+. The first-order chi connectivity index (χ1) is 15.4. The molecule has 1 fully saturated rings. The number of hydrogen-bond acceptors (Lipinski definition) is 6. The summed E-state index contributed by atoms with van der Waals surface area (Å²) in [4.78, 5) is 27.8. The Balaban J connectivity index is 2.01. The van der Waals surface area contributed by atoms with Crippen molar-refractivity contribution in [3.8, 4) is 11.5 Å². The van der Waals surface area contributed by atoms with Gasteiger partial charge >= 0.3 is 0 Å². The molecule has 0 spiro atoms. The van der Waals surface area contributed by atoms with E-state index in [9.17, 15) is 14.7 Å². The van der Waals surface area contributed by atoms with E-state index < -0.39 is 23.5 Å². The van der Waals surface area contributed by atoms with Crippen LogP contribution in [0.4, 0.5) is 5.69 Å². The van der Waals surface area contributed by atoms with Gasteiger partial charge in [0.2, 0.25) is 0 Å². The summed E-state index contributed by atoms with van der Waals surface area (Å²) < 4.78 is 16.6. The van der Waals surface area contributed by atoms with E-state index in [2.05, 4.69) is 0 Å². The van der Waals surface area contributed by atoms with Crippen molar-refractivity contribution in [3.05, 3.63) is 82.8 Å². The number of amides is 1. The number of methoxy groups -OCH3 is 2. The van der Waals surface area contributed by atoms with Gasteiger partial charge in [0.1, 0.15) is 40.4 Å². The molecule has 4 rings (SSSR count). The van der Waals surface area contributed by atoms with Crippen molar-refractivity contribution in [1.29, 1.82) is 0 Å². The average Bonchev–Trinajstić information content (AvgIpc) is 3.33. The third kappa shape index (κ3) is 3.41. The molecule has 2 aromatic carbocycles. The Morgan fingerprint density at radius 2 is 1.62 bits per heavy atom. The van der Waals surface area contributed by atoms with E-state index in [0.717, 1.165) is 5.56 Å². The molecule has 1 aromatic heterocycles. The molecule has 1 saturated heterocycles. The highest BCUT2D eigenvalue weighted by Crippen LogP contribution is 2.45. The van der Waals surface area contributed by atoms with Gasteiger partial charge in [-0.2, -0.15) is 0 Å². The van der Waals surface area contributed by atoms with Gasteiger partial charge in [-0.05, 0) is 55.8 Å². The number of carbonyl (C=O) groups is 2. The Kier molecular flexibility index (Phi) is 5.48. The van der Waals surface area contributed by atoms with Crippen LogP contribution >= 0.6 is 0 Å². The molecule has 0 bridgehead atoms. The van der Waals surface area contributed by atoms with E-state index in [-0.39, 0.29) is 11.1 Å². The normalized spacial score (nSPS) is 17.6. The molecule has 7 nitrogen and oxygen atoms in total. The van der Waals surface area contributed by atoms with Crippen LogP contribution in [0.5, 0.6) is 11.5 Å². The number of anilines is 1. The zero-order valence-corrected chi connectivity index (χ0v) is 18.2. The number of aliphatic hydroxyl groups is 1. The number of nitrogens with zero attached hydrogens (tertiary/aromatic N) is 1. The lowest BCUT2D eigenvalue weighted by atomic mass is 9.98. The fourth-order valence-corrected chi connectivity index (χ4v) is 3.97. The predicted molar refractivity (Wildman–Crippen MR) is 119 cm³/mol. The number of rotatable bonds is 5. The smallest absolute Gasteiger partial charge is 0.300 e. The highest BCUT2D eigenvalue weighted by Gasteiger charge is 2.49. The summed E-state index contributed by atoms with van der Waals surface area (Å²) in [5.74, 6) is -0.396. The van der Waals surface area contributed by atoms with E-state index in [1.54, 1.807) is 55.5 Å². The fourth-order valence-electron chi connectivity index (χ4n) is 3.97. The van der Waals surface area contributed by atoms with Crippen LogP contribution in [0.1, 0.15) is 28.7 Å². The number of aryl methyl sites for hydroxylation is 2. The van der Waals surface area contributed by atoms with Gasteiger partial charge in [0.05, 0.1) is 19.8 Å². The topological polar surface area (TPSA) is 89.2 Å². The lowest BCUT2D eigenvalue weighted by Crippen LogP contribution is -2.29. The fraction of sp³-hybridized carbons (Fsp3) is 0.200. The van der Waals surface area contributed by atoms with Crippen molar-refractivity contribution in [1.82, 2.24) is 0 Å². The molecule has 0 radical (unpaired) electrons.